The summed E-state index contributed by atoms with van der Waals surface area (Å²) in [5.41, 5.74) is -0.660. The minimum atomic E-state index is -0.660. The van der Waals surface area contributed by atoms with Gasteiger partial charge in [-0.25, -0.2) is 0 Å². The Bertz CT molecular complexity index is 345. The van der Waals surface area contributed by atoms with E-state index in [9.17, 15) is 5.11 Å². The molecule has 1 unspecified atom stereocenters. The van der Waals surface area contributed by atoms with Crippen LogP contribution in [0, 0.1) is 0 Å². The largest absolute Gasteiger partial charge is 0.385 e. The third-order valence-electron chi connectivity index (χ3n) is 2.57. The van der Waals surface area contributed by atoms with E-state index < -0.39 is 5.60 Å². The molecule has 1 atom stereocenters. The molecule has 1 heterocycles. The highest BCUT2D eigenvalue weighted by atomic mass is 35.5. The first kappa shape index (κ1) is 10.2. The summed E-state index contributed by atoms with van der Waals surface area (Å²) in [4.78, 5) is 1.08. The maximum absolute atomic E-state index is 10.2. The molecule has 0 bridgehead atoms. The highest BCUT2D eigenvalue weighted by Crippen LogP contribution is 2.31. The van der Waals surface area contributed by atoms with Crippen LogP contribution in [0.4, 0.5) is 0 Å². The number of allylic oxidation sites excluding steroid dienone is 1. The molecule has 0 aliphatic heterocycles. The molecule has 0 radical (unpaired) electrons. The second-order valence-corrected chi connectivity index (χ2v) is 5.17. The summed E-state index contributed by atoms with van der Waals surface area (Å²) in [6, 6.07) is 1.89. The van der Waals surface area contributed by atoms with Crippen molar-refractivity contribution in [2.75, 3.05) is 0 Å². The van der Waals surface area contributed by atoms with Gasteiger partial charge in [-0.05, 0) is 30.7 Å². The molecule has 1 nitrogen and oxygen atoms in total. The van der Waals surface area contributed by atoms with Crippen LogP contribution in [-0.4, -0.2) is 10.7 Å². The van der Waals surface area contributed by atoms with Gasteiger partial charge in [0, 0.05) is 11.3 Å². The fourth-order valence-electron chi connectivity index (χ4n) is 1.79. The molecule has 1 aromatic heterocycles. The van der Waals surface area contributed by atoms with Gasteiger partial charge in [-0.2, -0.15) is 0 Å². The van der Waals surface area contributed by atoms with Crippen LogP contribution < -0.4 is 0 Å². The molecule has 1 N–H and O–H groups in total. The molecule has 0 saturated carbocycles. The van der Waals surface area contributed by atoms with Crippen molar-refractivity contribution in [1.29, 1.82) is 0 Å². The van der Waals surface area contributed by atoms with Crippen LogP contribution in [0.25, 0.3) is 0 Å². The third kappa shape index (κ3) is 2.19. The van der Waals surface area contributed by atoms with Gasteiger partial charge in [0.25, 0.3) is 0 Å². The molecular formula is C11H13ClOS. The molecule has 0 saturated heterocycles. The van der Waals surface area contributed by atoms with E-state index in [4.69, 9.17) is 11.6 Å². The first-order valence-electron chi connectivity index (χ1n) is 4.82. The average Bonchev–Trinajstić information content (AvgIpc) is 2.52. The van der Waals surface area contributed by atoms with Crippen molar-refractivity contribution in [1.82, 2.24) is 0 Å². The summed E-state index contributed by atoms with van der Waals surface area (Å²) in [5, 5.41) is 13.0. The second-order valence-electron chi connectivity index (χ2n) is 3.77. The molecule has 76 valence electrons. The van der Waals surface area contributed by atoms with E-state index in [0.717, 1.165) is 29.2 Å². The number of thiophene rings is 1. The van der Waals surface area contributed by atoms with Crippen molar-refractivity contribution in [3.8, 4) is 0 Å². The maximum Gasteiger partial charge on any atom is 0.0876 e. The Morgan fingerprint density at radius 2 is 2.43 bits per heavy atom. The fraction of sp³-hybridized carbons (Fsp3) is 0.455. The zero-order chi connectivity index (χ0) is 10.0. The van der Waals surface area contributed by atoms with Gasteiger partial charge >= 0.3 is 0 Å². The Kier molecular flexibility index (Phi) is 2.96. The van der Waals surface area contributed by atoms with Gasteiger partial charge in [0.1, 0.15) is 0 Å². The van der Waals surface area contributed by atoms with Crippen LogP contribution >= 0.6 is 22.9 Å². The number of rotatable bonds is 2. The number of hydrogen-bond acceptors (Lipinski definition) is 2. The Hall–Kier alpha value is -0.310. The van der Waals surface area contributed by atoms with Gasteiger partial charge in [-0.1, -0.05) is 23.8 Å². The summed E-state index contributed by atoms with van der Waals surface area (Å²) in [5.74, 6) is 0. The molecule has 0 amide bonds. The Labute approximate surface area is 93.0 Å². The summed E-state index contributed by atoms with van der Waals surface area (Å²) in [7, 11) is 0. The second kappa shape index (κ2) is 4.05. The SMILES string of the molecule is OC1(Cc2sccc2Cl)C=CCCC1. The minimum Gasteiger partial charge on any atom is -0.385 e. The van der Waals surface area contributed by atoms with E-state index in [0.29, 0.717) is 6.42 Å². The van der Waals surface area contributed by atoms with Crippen molar-refractivity contribution in [2.24, 2.45) is 0 Å². The average molecular weight is 229 g/mol. The van der Waals surface area contributed by atoms with Gasteiger partial charge in [0.2, 0.25) is 0 Å². The molecule has 1 aliphatic rings. The van der Waals surface area contributed by atoms with Crippen molar-refractivity contribution >= 4 is 22.9 Å². The van der Waals surface area contributed by atoms with Crippen molar-refractivity contribution < 1.29 is 5.11 Å². The number of hydrogen-bond donors (Lipinski definition) is 1. The fourth-order valence-corrected chi connectivity index (χ4v) is 3.01. The molecule has 0 spiro atoms. The minimum absolute atomic E-state index is 0.653. The van der Waals surface area contributed by atoms with Gasteiger partial charge in [0.15, 0.2) is 0 Å². The van der Waals surface area contributed by atoms with Gasteiger partial charge in [-0.3, -0.25) is 0 Å². The molecule has 3 heteroatoms. The lowest BCUT2D eigenvalue weighted by molar-refractivity contribution is 0.0759. The van der Waals surface area contributed by atoms with Crippen LogP contribution in [0.1, 0.15) is 24.1 Å². The van der Waals surface area contributed by atoms with E-state index in [1.165, 1.54) is 0 Å². The Morgan fingerprint density at radius 3 is 3.00 bits per heavy atom. The van der Waals surface area contributed by atoms with Gasteiger partial charge < -0.3 is 5.11 Å². The first-order chi connectivity index (χ1) is 6.70. The summed E-state index contributed by atoms with van der Waals surface area (Å²) < 4.78 is 0. The molecular weight excluding hydrogens is 216 g/mol. The van der Waals surface area contributed by atoms with Crippen LogP contribution in [-0.2, 0) is 6.42 Å². The van der Waals surface area contributed by atoms with Crippen LogP contribution in [0.3, 0.4) is 0 Å². The summed E-state index contributed by atoms with van der Waals surface area (Å²) >= 11 is 7.61. The lowest BCUT2D eigenvalue weighted by atomic mass is 9.88. The van der Waals surface area contributed by atoms with Crippen molar-refractivity contribution in [2.45, 2.75) is 31.3 Å². The number of halogens is 1. The number of aliphatic hydroxyl groups is 1. The predicted octanol–water partition coefficient (Wildman–Crippen LogP) is 3.42. The predicted molar refractivity (Wildman–Crippen MR) is 61.0 cm³/mol. The van der Waals surface area contributed by atoms with E-state index in [2.05, 4.69) is 6.08 Å². The zero-order valence-electron chi connectivity index (χ0n) is 7.87. The topological polar surface area (TPSA) is 20.2 Å². The van der Waals surface area contributed by atoms with E-state index in [1.807, 2.05) is 17.5 Å². The lowest BCUT2D eigenvalue weighted by Crippen LogP contribution is -2.30. The van der Waals surface area contributed by atoms with E-state index in [-0.39, 0.29) is 0 Å². The summed E-state index contributed by atoms with van der Waals surface area (Å²) in [6.45, 7) is 0. The Morgan fingerprint density at radius 1 is 1.57 bits per heavy atom. The zero-order valence-corrected chi connectivity index (χ0v) is 9.44. The highest BCUT2D eigenvalue weighted by Gasteiger charge is 2.26. The molecule has 1 aromatic rings. The molecule has 14 heavy (non-hydrogen) atoms. The monoisotopic (exact) mass is 228 g/mol. The lowest BCUT2D eigenvalue weighted by Gasteiger charge is -2.27. The first-order valence-corrected chi connectivity index (χ1v) is 6.07. The molecule has 0 aromatic carbocycles. The van der Waals surface area contributed by atoms with Crippen LogP contribution in [0.5, 0.6) is 0 Å². The van der Waals surface area contributed by atoms with Crippen LogP contribution in [0.2, 0.25) is 5.02 Å². The van der Waals surface area contributed by atoms with E-state index in [1.54, 1.807) is 11.3 Å². The highest BCUT2D eigenvalue weighted by molar-refractivity contribution is 7.10. The third-order valence-corrected chi connectivity index (χ3v) is 3.95. The van der Waals surface area contributed by atoms with Gasteiger partial charge in [0.05, 0.1) is 10.6 Å². The quantitative estimate of drug-likeness (QED) is 0.770. The molecule has 1 aliphatic carbocycles. The normalized spacial score (nSPS) is 26.7. The Balaban J connectivity index is 2.13. The van der Waals surface area contributed by atoms with Crippen LogP contribution in [0.15, 0.2) is 23.6 Å². The standard InChI is InChI=1S/C11H13ClOS/c12-9-4-7-14-10(9)8-11(13)5-2-1-3-6-11/h2,4-5,7,13H,1,3,6,8H2. The molecule has 2 rings (SSSR count). The van der Waals surface area contributed by atoms with Crippen molar-refractivity contribution in [3.63, 3.8) is 0 Å². The van der Waals surface area contributed by atoms with Crippen molar-refractivity contribution in [3.05, 3.63) is 33.5 Å². The summed E-state index contributed by atoms with van der Waals surface area (Å²) in [6.07, 6.45) is 7.63. The van der Waals surface area contributed by atoms with E-state index >= 15 is 0 Å². The van der Waals surface area contributed by atoms with Gasteiger partial charge in [-0.15, -0.1) is 11.3 Å². The smallest absolute Gasteiger partial charge is 0.0876 e. The molecule has 0 fully saturated rings. The maximum atomic E-state index is 10.2.